The van der Waals surface area contributed by atoms with E-state index in [1.807, 2.05) is 6.08 Å². The van der Waals surface area contributed by atoms with Crippen LogP contribution in [0.4, 0.5) is 11.4 Å². The van der Waals surface area contributed by atoms with E-state index >= 15 is 0 Å². The van der Waals surface area contributed by atoms with Crippen molar-refractivity contribution in [1.29, 1.82) is 0 Å². The molecule has 1 heterocycles. The van der Waals surface area contributed by atoms with Gasteiger partial charge in [0.05, 0.1) is 0 Å². The number of fused-ring (bicyclic) bond motifs is 1. The van der Waals surface area contributed by atoms with Crippen molar-refractivity contribution < 1.29 is 0 Å². The molecule has 0 fully saturated rings. The van der Waals surface area contributed by atoms with Gasteiger partial charge in [0, 0.05) is 28.9 Å². The van der Waals surface area contributed by atoms with Crippen molar-refractivity contribution in [1.82, 2.24) is 0 Å². The highest BCUT2D eigenvalue weighted by molar-refractivity contribution is 5.89. The van der Waals surface area contributed by atoms with Crippen LogP contribution in [0, 0.1) is 6.92 Å². The molecule has 43 heavy (non-hydrogen) atoms. The van der Waals surface area contributed by atoms with Crippen LogP contribution in [0.1, 0.15) is 42.5 Å². The molecule has 0 bridgehead atoms. The molecular formula is C42H39N. The summed E-state index contributed by atoms with van der Waals surface area (Å²) >= 11 is 0. The zero-order chi connectivity index (χ0) is 30.0. The molecule has 2 aliphatic rings. The van der Waals surface area contributed by atoms with Gasteiger partial charge in [0.15, 0.2) is 0 Å². The first-order valence-electron chi connectivity index (χ1n) is 15.1. The van der Waals surface area contributed by atoms with E-state index in [0.717, 1.165) is 41.0 Å². The number of allylic oxidation sites excluding steroid dienone is 8. The fraction of sp³-hybridized carbons (Fsp3) is 0.143. The molecule has 1 heteroatoms. The topological polar surface area (TPSA) is 3.24 Å². The highest BCUT2D eigenvalue weighted by atomic mass is 15.1. The van der Waals surface area contributed by atoms with E-state index in [-0.39, 0.29) is 5.41 Å². The second-order valence-corrected chi connectivity index (χ2v) is 11.9. The van der Waals surface area contributed by atoms with E-state index in [9.17, 15) is 0 Å². The van der Waals surface area contributed by atoms with E-state index in [0.29, 0.717) is 0 Å². The Morgan fingerprint density at radius 1 is 0.814 bits per heavy atom. The minimum absolute atomic E-state index is 0.0653. The maximum atomic E-state index is 4.42. The SMILES string of the molecule is C=Cc1cc(N2C/C=C\C=C/C(=C)c3ccc(-c4ccccc4)cc32)ccc1-c1c(C)cccc1C1(C)C=CC(C)=CC1. The molecule has 4 aromatic rings. The van der Waals surface area contributed by atoms with Gasteiger partial charge in [0.2, 0.25) is 0 Å². The molecule has 0 radical (unpaired) electrons. The average molecular weight is 558 g/mol. The van der Waals surface area contributed by atoms with E-state index in [2.05, 4.69) is 166 Å². The van der Waals surface area contributed by atoms with Crippen LogP contribution in [0.3, 0.4) is 0 Å². The Morgan fingerprint density at radius 3 is 2.40 bits per heavy atom. The fourth-order valence-electron chi connectivity index (χ4n) is 6.33. The van der Waals surface area contributed by atoms with E-state index < -0.39 is 0 Å². The lowest BCUT2D eigenvalue weighted by Crippen LogP contribution is -2.22. The first-order chi connectivity index (χ1) is 20.9. The van der Waals surface area contributed by atoms with Gasteiger partial charge in [-0.05, 0) is 83.0 Å². The lowest BCUT2D eigenvalue weighted by atomic mass is 9.72. The van der Waals surface area contributed by atoms with Gasteiger partial charge in [-0.2, -0.15) is 0 Å². The summed E-state index contributed by atoms with van der Waals surface area (Å²) in [5.74, 6) is 0. The smallest absolute Gasteiger partial charge is 0.0499 e. The first kappa shape index (κ1) is 28.2. The first-order valence-corrected chi connectivity index (χ1v) is 15.1. The Labute approximate surface area is 257 Å². The lowest BCUT2D eigenvalue weighted by molar-refractivity contribution is 0.597. The third-order valence-corrected chi connectivity index (χ3v) is 8.86. The molecule has 0 saturated carbocycles. The van der Waals surface area contributed by atoms with Crippen LogP contribution in [0.2, 0.25) is 0 Å². The molecule has 212 valence electrons. The van der Waals surface area contributed by atoms with E-state index in [1.54, 1.807) is 0 Å². The summed E-state index contributed by atoms with van der Waals surface area (Å²) in [6.07, 6.45) is 18.5. The molecule has 0 saturated heterocycles. The minimum atomic E-state index is -0.0653. The Morgan fingerprint density at radius 2 is 1.63 bits per heavy atom. The standard InChI is InChI=1S/C42H39N/c1-6-33-28-36(20-22-38(33)41-32(4)15-13-18-39(41)42(5)25-23-30(2)24-26-42)43-27-12-8-9-14-31(3)37-21-19-35(29-40(37)43)34-16-10-7-11-17-34/h6-25,28-29H,1,3,26-27H2,2,4-5H3/b12-8-,14-9-. The summed E-state index contributed by atoms with van der Waals surface area (Å²) in [5.41, 5.74) is 14.3. The predicted molar refractivity (Wildman–Crippen MR) is 188 cm³/mol. The second-order valence-electron chi connectivity index (χ2n) is 11.9. The van der Waals surface area contributed by atoms with Crippen molar-refractivity contribution in [3.63, 3.8) is 0 Å². The van der Waals surface area contributed by atoms with Gasteiger partial charge in [0.1, 0.15) is 0 Å². The van der Waals surface area contributed by atoms with Crippen molar-refractivity contribution in [3.8, 4) is 22.3 Å². The molecule has 4 aromatic carbocycles. The molecule has 1 unspecified atom stereocenters. The molecule has 1 aliphatic heterocycles. The normalized spacial score (nSPS) is 19.5. The maximum Gasteiger partial charge on any atom is 0.0499 e. The van der Waals surface area contributed by atoms with Crippen molar-refractivity contribution in [3.05, 3.63) is 168 Å². The molecule has 0 amide bonds. The van der Waals surface area contributed by atoms with Crippen LogP contribution in [-0.2, 0) is 5.41 Å². The van der Waals surface area contributed by atoms with Gasteiger partial charge in [-0.1, -0.05) is 141 Å². The number of hydrogen-bond acceptors (Lipinski definition) is 1. The fourth-order valence-corrected chi connectivity index (χ4v) is 6.33. The Hall–Kier alpha value is -4.88. The van der Waals surface area contributed by atoms with Gasteiger partial charge in [0.25, 0.3) is 0 Å². The molecule has 0 spiro atoms. The van der Waals surface area contributed by atoms with Crippen LogP contribution in [0.25, 0.3) is 33.9 Å². The Balaban J connectivity index is 1.49. The zero-order valence-electron chi connectivity index (χ0n) is 25.5. The summed E-state index contributed by atoms with van der Waals surface area (Å²) in [6, 6.07) is 30.9. The monoisotopic (exact) mass is 557 g/mol. The van der Waals surface area contributed by atoms with Gasteiger partial charge < -0.3 is 4.90 Å². The maximum absolute atomic E-state index is 4.42. The quantitative estimate of drug-likeness (QED) is 0.236. The van der Waals surface area contributed by atoms with E-state index in [1.165, 1.54) is 39.0 Å². The molecule has 1 aliphatic carbocycles. The molecule has 0 N–H and O–H groups in total. The van der Waals surface area contributed by atoms with Gasteiger partial charge >= 0.3 is 0 Å². The van der Waals surface area contributed by atoms with Crippen molar-refractivity contribution in [2.24, 2.45) is 0 Å². The summed E-state index contributed by atoms with van der Waals surface area (Å²) in [5, 5.41) is 0. The van der Waals surface area contributed by atoms with Crippen LogP contribution < -0.4 is 4.90 Å². The van der Waals surface area contributed by atoms with Crippen molar-refractivity contribution in [2.75, 3.05) is 11.4 Å². The number of benzene rings is 4. The summed E-state index contributed by atoms with van der Waals surface area (Å²) < 4.78 is 0. The predicted octanol–water partition coefficient (Wildman–Crippen LogP) is 11.4. The Bertz CT molecular complexity index is 1830. The number of rotatable bonds is 5. The van der Waals surface area contributed by atoms with Crippen molar-refractivity contribution >= 4 is 23.0 Å². The van der Waals surface area contributed by atoms with Crippen LogP contribution >= 0.6 is 0 Å². The van der Waals surface area contributed by atoms with Crippen LogP contribution in [0.5, 0.6) is 0 Å². The summed E-state index contributed by atoms with van der Waals surface area (Å²) in [4.78, 5) is 2.39. The molecule has 1 nitrogen and oxygen atoms in total. The van der Waals surface area contributed by atoms with Crippen LogP contribution in [0.15, 0.2) is 146 Å². The van der Waals surface area contributed by atoms with Gasteiger partial charge in [-0.3, -0.25) is 0 Å². The van der Waals surface area contributed by atoms with Gasteiger partial charge in [-0.25, -0.2) is 0 Å². The molecule has 1 atom stereocenters. The van der Waals surface area contributed by atoms with Crippen molar-refractivity contribution in [2.45, 2.75) is 32.6 Å². The highest BCUT2D eigenvalue weighted by Gasteiger charge is 2.29. The second kappa shape index (κ2) is 11.8. The molecular weight excluding hydrogens is 518 g/mol. The third kappa shape index (κ3) is 5.51. The third-order valence-electron chi connectivity index (χ3n) is 8.86. The van der Waals surface area contributed by atoms with Crippen LogP contribution in [-0.4, -0.2) is 6.54 Å². The highest BCUT2D eigenvalue weighted by Crippen LogP contribution is 2.44. The summed E-state index contributed by atoms with van der Waals surface area (Å²) in [6.45, 7) is 16.2. The number of hydrogen-bond donors (Lipinski definition) is 0. The Kier molecular flexibility index (Phi) is 7.74. The largest absolute Gasteiger partial charge is 0.337 e. The van der Waals surface area contributed by atoms with E-state index in [4.69, 9.17) is 0 Å². The average Bonchev–Trinajstić information content (AvgIpc) is 3.11. The molecule has 0 aromatic heterocycles. The number of anilines is 2. The van der Waals surface area contributed by atoms with Gasteiger partial charge in [-0.15, -0.1) is 0 Å². The summed E-state index contributed by atoms with van der Waals surface area (Å²) in [7, 11) is 0. The number of aryl methyl sites for hydroxylation is 1. The number of nitrogens with zero attached hydrogens (tertiary/aromatic N) is 1. The minimum Gasteiger partial charge on any atom is -0.337 e. The lowest BCUT2D eigenvalue weighted by Gasteiger charge is -2.32. The zero-order valence-corrected chi connectivity index (χ0v) is 25.5. The molecule has 6 rings (SSSR count).